The monoisotopic (exact) mass is 325 g/mol. The van der Waals surface area contributed by atoms with Crippen molar-refractivity contribution >= 4 is 11.6 Å². The summed E-state index contributed by atoms with van der Waals surface area (Å²) in [7, 11) is 0. The lowest BCUT2D eigenvalue weighted by molar-refractivity contribution is 0.0943. The molecule has 5 nitrogen and oxygen atoms in total. The first-order valence-electron chi connectivity index (χ1n) is 7.46. The molecule has 1 aromatic carbocycles. The number of carbonyl (C=O) groups is 1. The molecule has 0 aliphatic carbocycles. The molecule has 0 aliphatic heterocycles. The molecule has 6 heteroatoms. The minimum absolute atomic E-state index is 0.266. The number of amides is 1. The number of rotatable bonds is 6. The molecule has 122 valence electrons. The van der Waals surface area contributed by atoms with Crippen molar-refractivity contribution in [3.05, 3.63) is 83.8 Å². The Hall–Kier alpha value is -3.15. The van der Waals surface area contributed by atoms with Gasteiger partial charge in [-0.05, 0) is 42.0 Å². The van der Waals surface area contributed by atoms with Gasteiger partial charge < -0.3 is 15.1 Å². The van der Waals surface area contributed by atoms with Crippen molar-refractivity contribution in [1.82, 2.24) is 10.3 Å². The molecule has 0 bridgehead atoms. The normalized spacial score (nSPS) is 10.4. The maximum atomic E-state index is 12.9. The van der Waals surface area contributed by atoms with Crippen LogP contribution in [0.1, 0.15) is 21.8 Å². The van der Waals surface area contributed by atoms with E-state index in [1.54, 1.807) is 48.9 Å². The van der Waals surface area contributed by atoms with Crippen LogP contribution in [0.2, 0.25) is 0 Å². The summed E-state index contributed by atoms with van der Waals surface area (Å²) in [6.45, 7) is 0.832. The van der Waals surface area contributed by atoms with E-state index in [2.05, 4.69) is 15.6 Å². The molecule has 0 aliphatic rings. The highest BCUT2D eigenvalue weighted by Crippen LogP contribution is 2.11. The van der Waals surface area contributed by atoms with Crippen molar-refractivity contribution < 1.29 is 13.6 Å². The average molecular weight is 325 g/mol. The Labute approximate surface area is 138 Å². The summed E-state index contributed by atoms with van der Waals surface area (Å²) < 4.78 is 18.1. The zero-order chi connectivity index (χ0) is 16.8. The average Bonchev–Trinajstić information content (AvgIpc) is 3.13. The molecule has 0 atom stereocenters. The van der Waals surface area contributed by atoms with E-state index >= 15 is 0 Å². The molecule has 0 radical (unpaired) electrons. The summed E-state index contributed by atoms with van der Waals surface area (Å²) in [5, 5.41) is 5.93. The van der Waals surface area contributed by atoms with Gasteiger partial charge in [-0.25, -0.2) is 4.39 Å². The van der Waals surface area contributed by atoms with Crippen molar-refractivity contribution in [3.63, 3.8) is 0 Å². The summed E-state index contributed by atoms with van der Waals surface area (Å²) >= 11 is 0. The smallest absolute Gasteiger partial charge is 0.270 e. The molecule has 0 fully saturated rings. The third kappa shape index (κ3) is 4.19. The molecule has 2 aromatic heterocycles. The predicted molar refractivity (Wildman–Crippen MR) is 87.8 cm³/mol. The van der Waals surface area contributed by atoms with Crippen LogP contribution in [0.4, 0.5) is 10.1 Å². The summed E-state index contributed by atoms with van der Waals surface area (Å²) in [6.07, 6.45) is 3.12. The number of benzene rings is 1. The quantitative estimate of drug-likeness (QED) is 0.729. The molecule has 24 heavy (non-hydrogen) atoms. The molecular weight excluding hydrogens is 309 g/mol. The van der Waals surface area contributed by atoms with Crippen LogP contribution in [-0.2, 0) is 13.1 Å². The number of carbonyl (C=O) groups excluding carboxylic acids is 1. The number of aromatic nitrogens is 1. The van der Waals surface area contributed by atoms with Crippen LogP contribution in [0.3, 0.4) is 0 Å². The largest absolute Gasteiger partial charge is 0.467 e. The van der Waals surface area contributed by atoms with E-state index in [4.69, 9.17) is 4.42 Å². The molecule has 1 amide bonds. The number of anilines is 1. The van der Waals surface area contributed by atoms with Gasteiger partial charge in [-0.3, -0.25) is 9.78 Å². The number of nitrogens with one attached hydrogen (secondary N) is 2. The lowest BCUT2D eigenvalue weighted by atomic mass is 10.2. The molecule has 3 rings (SSSR count). The number of nitrogens with zero attached hydrogens (tertiary/aromatic N) is 1. The van der Waals surface area contributed by atoms with Crippen LogP contribution < -0.4 is 10.6 Å². The second-order valence-electron chi connectivity index (χ2n) is 5.17. The molecule has 0 unspecified atom stereocenters. The van der Waals surface area contributed by atoms with Crippen LogP contribution in [-0.4, -0.2) is 10.9 Å². The van der Waals surface area contributed by atoms with E-state index in [1.807, 2.05) is 0 Å². The van der Waals surface area contributed by atoms with Crippen molar-refractivity contribution in [2.24, 2.45) is 0 Å². The number of pyridine rings is 1. The van der Waals surface area contributed by atoms with Crippen LogP contribution in [0.5, 0.6) is 0 Å². The van der Waals surface area contributed by atoms with Gasteiger partial charge in [0.1, 0.15) is 17.3 Å². The summed E-state index contributed by atoms with van der Waals surface area (Å²) in [5.41, 5.74) is 2.01. The van der Waals surface area contributed by atoms with E-state index in [9.17, 15) is 9.18 Å². The Balaban J connectivity index is 1.58. The van der Waals surface area contributed by atoms with E-state index in [0.717, 1.165) is 11.3 Å². The minimum Gasteiger partial charge on any atom is -0.467 e. The SMILES string of the molecule is O=C(NCc1ccco1)c1cc(NCc2ccc(F)cc2)ccn1. The number of hydrogen-bond donors (Lipinski definition) is 2. The lowest BCUT2D eigenvalue weighted by Crippen LogP contribution is -2.23. The van der Waals surface area contributed by atoms with E-state index in [1.165, 1.54) is 12.1 Å². The topological polar surface area (TPSA) is 67.2 Å². The highest BCUT2D eigenvalue weighted by molar-refractivity contribution is 5.93. The maximum Gasteiger partial charge on any atom is 0.270 e. The van der Waals surface area contributed by atoms with Crippen LogP contribution in [0.25, 0.3) is 0 Å². The van der Waals surface area contributed by atoms with Crippen molar-refractivity contribution in [3.8, 4) is 0 Å². The van der Waals surface area contributed by atoms with Gasteiger partial charge >= 0.3 is 0 Å². The van der Waals surface area contributed by atoms with Gasteiger partial charge in [0.15, 0.2) is 0 Å². The maximum absolute atomic E-state index is 12.9. The zero-order valence-electron chi connectivity index (χ0n) is 12.8. The van der Waals surface area contributed by atoms with E-state index in [0.29, 0.717) is 24.5 Å². The van der Waals surface area contributed by atoms with Crippen LogP contribution in [0, 0.1) is 5.82 Å². The van der Waals surface area contributed by atoms with Crippen molar-refractivity contribution in [1.29, 1.82) is 0 Å². The van der Waals surface area contributed by atoms with Crippen molar-refractivity contribution in [2.75, 3.05) is 5.32 Å². The highest BCUT2D eigenvalue weighted by atomic mass is 19.1. The third-order valence-electron chi connectivity index (χ3n) is 3.41. The number of hydrogen-bond acceptors (Lipinski definition) is 4. The first-order valence-corrected chi connectivity index (χ1v) is 7.46. The Morgan fingerprint density at radius 3 is 2.71 bits per heavy atom. The number of furan rings is 1. The summed E-state index contributed by atoms with van der Waals surface area (Å²) in [4.78, 5) is 16.2. The van der Waals surface area contributed by atoms with Gasteiger partial charge in [0.25, 0.3) is 5.91 Å². The van der Waals surface area contributed by atoms with Crippen molar-refractivity contribution in [2.45, 2.75) is 13.1 Å². The standard InChI is InChI=1S/C18H16FN3O2/c19-14-5-3-13(4-6-14)11-21-15-7-8-20-17(10-15)18(23)22-12-16-2-1-9-24-16/h1-10H,11-12H2,(H,20,21)(H,22,23). The van der Waals surface area contributed by atoms with E-state index in [-0.39, 0.29) is 11.7 Å². The fourth-order valence-corrected chi connectivity index (χ4v) is 2.14. The zero-order valence-corrected chi connectivity index (χ0v) is 12.8. The highest BCUT2D eigenvalue weighted by Gasteiger charge is 2.08. The Morgan fingerprint density at radius 2 is 1.96 bits per heavy atom. The van der Waals surface area contributed by atoms with Gasteiger partial charge in [0.2, 0.25) is 0 Å². The van der Waals surface area contributed by atoms with Gasteiger partial charge in [-0.1, -0.05) is 12.1 Å². The van der Waals surface area contributed by atoms with Gasteiger partial charge in [-0.2, -0.15) is 0 Å². The molecule has 0 saturated carbocycles. The lowest BCUT2D eigenvalue weighted by Gasteiger charge is -2.08. The molecule has 0 spiro atoms. The van der Waals surface area contributed by atoms with Gasteiger partial charge in [-0.15, -0.1) is 0 Å². The number of halogens is 1. The second-order valence-corrected chi connectivity index (χ2v) is 5.17. The Kier molecular flexibility index (Phi) is 4.86. The van der Waals surface area contributed by atoms with E-state index < -0.39 is 0 Å². The molecule has 2 heterocycles. The minimum atomic E-state index is -0.281. The molecular formula is C18H16FN3O2. The van der Waals surface area contributed by atoms with Gasteiger partial charge in [0.05, 0.1) is 12.8 Å². The first kappa shape index (κ1) is 15.7. The first-order chi connectivity index (χ1) is 11.7. The molecule has 0 saturated heterocycles. The Bertz CT molecular complexity index is 801. The molecule has 2 N–H and O–H groups in total. The summed E-state index contributed by atoms with van der Waals surface area (Å²) in [6, 6.07) is 13.2. The fraction of sp³-hybridized carbons (Fsp3) is 0.111. The van der Waals surface area contributed by atoms with Gasteiger partial charge in [0, 0.05) is 18.4 Å². The fourth-order valence-electron chi connectivity index (χ4n) is 2.14. The van der Waals surface area contributed by atoms with Crippen LogP contribution in [0.15, 0.2) is 65.4 Å². The van der Waals surface area contributed by atoms with Crippen LogP contribution >= 0.6 is 0 Å². The third-order valence-corrected chi connectivity index (χ3v) is 3.41. The second kappa shape index (κ2) is 7.41. The molecule has 3 aromatic rings. The Morgan fingerprint density at radius 1 is 1.12 bits per heavy atom. The predicted octanol–water partition coefficient (Wildman–Crippen LogP) is 3.36. The summed E-state index contributed by atoms with van der Waals surface area (Å²) in [5.74, 6) is 0.129.